The van der Waals surface area contributed by atoms with Crippen molar-refractivity contribution in [3.05, 3.63) is 0 Å². The second kappa shape index (κ2) is 4.16. The van der Waals surface area contributed by atoms with Gasteiger partial charge in [0.25, 0.3) is 0 Å². The first-order valence-electron chi connectivity index (χ1n) is 6.89. The van der Waals surface area contributed by atoms with Crippen LogP contribution in [0.25, 0.3) is 0 Å². The van der Waals surface area contributed by atoms with Crippen LogP contribution in [-0.4, -0.2) is 5.78 Å². The third kappa shape index (κ3) is 2.19. The molecule has 0 spiro atoms. The van der Waals surface area contributed by atoms with E-state index in [1.807, 2.05) is 0 Å². The Hall–Kier alpha value is -0.330. The molecule has 92 valence electrons. The molecule has 4 atom stereocenters. The van der Waals surface area contributed by atoms with Crippen molar-refractivity contribution in [2.24, 2.45) is 29.1 Å². The first-order chi connectivity index (χ1) is 7.40. The van der Waals surface area contributed by atoms with Crippen molar-refractivity contribution in [2.75, 3.05) is 0 Å². The van der Waals surface area contributed by atoms with Gasteiger partial charge in [-0.05, 0) is 61.7 Å². The number of carbonyl (C=O) groups is 1. The molecule has 0 aromatic heterocycles. The van der Waals surface area contributed by atoms with Crippen molar-refractivity contribution in [1.29, 1.82) is 0 Å². The molecule has 4 unspecified atom stereocenters. The topological polar surface area (TPSA) is 17.1 Å². The summed E-state index contributed by atoms with van der Waals surface area (Å²) in [7, 11) is 0. The number of fused-ring (bicyclic) bond motifs is 1. The van der Waals surface area contributed by atoms with Crippen LogP contribution in [0.4, 0.5) is 0 Å². The van der Waals surface area contributed by atoms with Gasteiger partial charge in [0.1, 0.15) is 5.78 Å². The zero-order valence-electron chi connectivity index (χ0n) is 11.3. The summed E-state index contributed by atoms with van der Waals surface area (Å²) in [5, 5.41) is 0. The van der Waals surface area contributed by atoms with Gasteiger partial charge in [0.15, 0.2) is 0 Å². The highest BCUT2D eigenvalue weighted by molar-refractivity contribution is 5.75. The summed E-state index contributed by atoms with van der Waals surface area (Å²) in [6.45, 7) is 9.05. The Morgan fingerprint density at radius 3 is 2.62 bits per heavy atom. The van der Waals surface area contributed by atoms with Crippen molar-refractivity contribution in [1.82, 2.24) is 0 Å². The molecule has 2 rings (SSSR count). The molecule has 2 aliphatic carbocycles. The number of hydrogen-bond donors (Lipinski definition) is 0. The summed E-state index contributed by atoms with van der Waals surface area (Å²) >= 11 is 0. The highest BCUT2D eigenvalue weighted by atomic mass is 16.1. The third-order valence-corrected chi connectivity index (χ3v) is 5.17. The molecule has 2 aliphatic rings. The summed E-state index contributed by atoms with van der Waals surface area (Å²) in [5.41, 5.74) is 0.547. The molecule has 0 aromatic carbocycles. The maximum atomic E-state index is 11.2. The molecule has 0 radical (unpaired) electrons. The summed E-state index contributed by atoms with van der Waals surface area (Å²) in [5.74, 6) is 3.76. The Morgan fingerprint density at radius 1 is 1.31 bits per heavy atom. The second-order valence-electron chi connectivity index (χ2n) is 7.03. The van der Waals surface area contributed by atoms with Crippen LogP contribution < -0.4 is 0 Å². The fraction of sp³-hybridized carbons (Fsp3) is 0.933. The lowest BCUT2D eigenvalue weighted by Crippen LogP contribution is -2.30. The van der Waals surface area contributed by atoms with Gasteiger partial charge in [-0.3, -0.25) is 0 Å². The van der Waals surface area contributed by atoms with Crippen LogP contribution in [0, 0.1) is 29.1 Å². The van der Waals surface area contributed by atoms with E-state index in [0.717, 1.165) is 24.2 Å². The Kier molecular flexibility index (Phi) is 3.16. The van der Waals surface area contributed by atoms with Crippen LogP contribution in [0.5, 0.6) is 0 Å². The molecule has 0 N–H and O–H groups in total. The van der Waals surface area contributed by atoms with Gasteiger partial charge >= 0.3 is 0 Å². The van der Waals surface area contributed by atoms with Gasteiger partial charge in [0, 0.05) is 6.42 Å². The smallest absolute Gasteiger partial charge is 0.130 e. The number of carbonyl (C=O) groups excluding carboxylic acids is 1. The number of rotatable bonds is 2. The van der Waals surface area contributed by atoms with Gasteiger partial charge in [-0.15, -0.1) is 0 Å². The first-order valence-corrected chi connectivity index (χ1v) is 6.89. The molecule has 0 amide bonds. The molecule has 0 heterocycles. The lowest BCUT2D eigenvalue weighted by Gasteiger charge is -2.38. The van der Waals surface area contributed by atoms with Crippen LogP contribution >= 0.6 is 0 Å². The molecular formula is C15H26O. The van der Waals surface area contributed by atoms with Gasteiger partial charge in [0.2, 0.25) is 0 Å². The summed E-state index contributed by atoms with van der Waals surface area (Å²) in [6, 6.07) is 0. The predicted octanol–water partition coefficient (Wildman–Crippen LogP) is 4.06. The van der Waals surface area contributed by atoms with Gasteiger partial charge in [-0.2, -0.15) is 0 Å². The monoisotopic (exact) mass is 222 g/mol. The minimum Gasteiger partial charge on any atom is -0.300 e. The summed E-state index contributed by atoms with van der Waals surface area (Å²) in [4.78, 5) is 11.2. The summed E-state index contributed by atoms with van der Waals surface area (Å²) in [6.07, 6.45) is 6.18. The SMILES string of the molecule is CC(=O)CC1CCC2C(C1)C(C)CC2(C)C. The highest BCUT2D eigenvalue weighted by Crippen LogP contribution is 2.56. The Morgan fingerprint density at radius 2 is 2.00 bits per heavy atom. The Labute approximate surface area is 100.0 Å². The maximum absolute atomic E-state index is 11.2. The van der Waals surface area contributed by atoms with E-state index in [2.05, 4.69) is 20.8 Å². The molecule has 0 aromatic rings. The first kappa shape index (κ1) is 12.1. The van der Waals surface area contributed by atoms with Crippen molar-refractivity contribution in [3.63, 3.8) is 0 Å². The molecule has 1 heteroatoms. The van der Waals surface area contributed by atoms with E-state index in [4.69, 9.17) is 0 Å². The average molecular weight is 222 g/mol. The van der Waals surface area contributed by atoms with Crippen LogP contribution in [0.2, 0.25) is 0 Å². The van der Waals surface area contributed by atoms with Crippen molar-refractivity contribution in [3.8, 4) is 0 Å². The van der Waals surface area contributed by atoms with E-state index in [9.17, 15) is 4.79 Å². The van der Waals surface area contributed by atoms with Gasteiger partial charge in [-0.1, -0.05) is 20.8 Å². The summed E-state index contributed by atoms with van der Waals surface area (Å²) < 4.78 is 0. The fourth-order valence-electron chi connectivity index (χ4n) is 4.62. The van der Waals surface area contributed by atoms with Gasteiger partial charge in [0.05, 0.1) is 0 Å². The predicted molar refractivity (Wildman–Crippen MR) is 67.2 cm³/mol. The Bertz CT molecular complexity index is 279. The van der Waals surface area contributed by atoms with E-state index < -0.39 is 0 Å². The van der Waals surface area contributed by atoms with E-state index in [0.29, 0.717) is 17.1 Å². The number of hydrogen-bond acceptors (Lipinski definition) is 1. The van der Waals surface area contributed by atoms with Gasteiger partial charge in [-0.25, -0.2) is 0 Å². The minimum atomic E-state index is 0.383. The zero-order valence-corrected chi connectivity index (χ0v) is 11.3. The van der Waals surface area contributed by atoms with Crippen LogP contribution in [0.15, 0.2) is 0 Å². The van der Waals surface area contributed by atoms with E-state index in [1.165, 1.54) is 25.7 Å². The van der Waals surface area contributed by atoms with Crippen LogP contribution in [-0.2, 0) is 4.79 Å². The van der Waals surface area contributed by atoms with Crippen molar-refractivity contribution in [2.45, 2.75) is 59.8 Å². The molecule has 2 fully saturated rings. The number of ketones is 1. The Balaban J connectivity index is 2.02. The minimum absolute atomic E-state index is 0.383. The third-order valence-electron chi connectivity index (χ3n) is 5.17. The molecular weight excluding hydrogens is 196 g/mol. The zero-order chi connectivity index (χ0) is 11.9. The molecule has 0 saturated heterocycles. The second-order valence-corrected chi connectivity index (χ2v) is 7.03. The van der Waals surface area contributed by atoms with E-state index in [1.54, 1.807) is 6.92 Å². The van der Waals surface area contributed by atoms with Crippen molar-refractivity contribution >= 4 is 5.78 Å². The van der Waals surface area contributed by atoms with Crippen LogP contribution in [0.1, 0.15) is 59.8 Å². The standard InChI is InChI=1S/C15H26O/c1-10-9-15(3,4)14-6-5-12(7-11(2)16)8-13(10)14/h10,12-14H,5-9H2,1-4H3. The van der Waals surface area contributed by atoms with Crippen LogP contribution in [0.3, 0.4) is 0 Å². The lowest BCUT2D eigenvalue weighted by atomic mass is 9.67. The molecule has 2 saturated carbocycles. The fourth-order valence-corrected chi connectivity index (χ4v) is 4.62. The highest BCUT2D eigenvalue weighted by Gasteiger charge is 2.48. The average Bonchev–Trinajstić information content (AvgIpc) is 2.36. The largest absolute Gasteiger partial charge is 0.300 e. The molecule has 16 heavy (non-hydrogen) atoms. The number of Topliss-reactive ketones (excluding diaryl/α,β-unsaturated/α-hetero) is 1. The molecule has 0 aliphatic heterocycles. The lowest BCUT2D eigenvalue weighted by molar-refractivity contribution is -0.118. The maximum Gasteiger partial charge on any atom is 0.130 e. The molecule has 1 nitrogen and oxygen atoms in total. The molecule has 0 bridgehead atoms. The quantitative estimate of drug-likeness (QED) is 0.688. The van der Waals surface area contributed by atoms with Crippen molar-refractivity contribution < 1.29 is 4.79 Å². The van der Waals surface area contributed by atoms with E-state index >= 15 is 0 Å². The normalized spacial score (nSPS) is 41.8. The van der Waals surface area contributed by atoms with E-state index in [-0.39, 0.29) is 0 Å². The van der Waals surface area contributed by atoms with Gasteiger partial charge < -0.3 is 4.79 Å².